The van der Waals surface area contributed by atoms with E-state index >= 15 is 0 Å². The van der Waals surface area contributed by atoms with Crippen LogP contribution in [0.25, 0.3) is 0 Å². The molecule has 21 heavy (non-hydrogen) atoms. The van der Waals surface area contributed by atoms with E-state index in [2.05, 4.69) is 9.89 Å². The van der Waals surface area contributed by atoms with Crippen molar-refractivity contribution in [1.82, 2.24) is 9.80 Å². The van der Waals surface area contributed by atoms with Crippen LogP contribution in [-0.2, 0) is 6.54 Å². The molecule has 0 unspecified atom stereocenters. The van der Waals surface area contributed by atoms with Crippen LogP contribution in [0.3, 0.4) is 0 Å². The van der Waals surface area contributed by atoms with Crippen molar-refractivity contribution in [2.24, 2.45) is 4.99 Å². The Balaban J connectivity index is 2.28. The molecule has 0 radical (unpaired) electrons. The lowest BCUT2D eigenvalue weighted by atomic mass is 10.1. The van der Waals surface area contributed by atoms with Crippen molar-refractivity contribution >= 4 is 11.6 Å². The van der Waals surface area contributed by atoms with E-state index in [1.807, 2.05) is 44.1 Å². The highest BCUT2D eigenvalue weighted by atomic mass is 19.1. The van der Waals surface area contributed by atoms with Crippen LogP contribution in [0, 0.1) is 5.82 Å². The number of halogens is 1. The van der Waals surface area contributed by atoms with Gasteiger partial charge < -0.3 is 14.7 Å². The van der Waals surface area contributed by atoms with Gasteiger partial charge in [0.05, 0.1) is 6.54 Å². The fraction of sp³-hybridized carbons (Fsp3) is 0.562. The van der Waals surface area contributed by atoms with Gasteiger partial charge in [0.1, 0.15) is 5.82 Å². The van der Waals surface area contributed by atoms with Crippen LogP contribution in [0.2, 0.25) is 0 Å². The summed E-state index contributed by atoms with van der Waals surface area (Å²) in [5, 5.41) is 0. The molecular formula is C16H25FN4. The molecule has 0 N–H and O–H groups in total. The SMILES string of the molecule is CN(C)C(=NCc1c(F)cccc1N1CCCC1)N(C)C. The van der Waals surface area contributed by atoms with E-state index in [1.54, 1.807) is 6.07 Å². The van der Waals surface area contributed by atoms with Gasteiger partial charge in [-0.3, -0.25) is 0 Å². The molecule has 2 rings (SSSR count). The Kier molecular flexibility index (Phi) is 5.04. The Hall–Kier alpha value is -1.78. The van der Waals surface area contributed by atoms with Gasteiger partial charge in [0, 0.05) is 52.5 Å². The van der Waals surface area contributed by atoms with Crippen molar-refractivity contribution < 1.29 is 4.39 Å². The van der Waals surface area contributed by atoms with Crippen molar-refractivity contribution in [2.45, 2.75) is 19.4 Å². The molecule has 1 aliphatic rings. The average molecular weight is 292 g/mol. The second kappa shape index (κ2) is 6.78. The van der Waals surface area contributed by atoms with Crippen molar-refractivity contribution in [3.05, 3.63) is 29.6 Å². The highest BCUT2D eigenvalue weighted by molar-refractivity contribution is 5.79. The molecule has 1 aromatic rings. The molecule has 0 aliphatic carbocycles. The summed E-state index contributed by atoms with van der Waals surface area (Å²) in [6, 6.07) is 5.31. The number of hydrogen-bond acceptors (Lipinski definition) is 2. The number of anilines is 1. The first-order valence-corrected chi connectivity index (χ1v) is 7.42. The summed E-state index contributed by atoms with van der Waals surface area (Å²) in [6.07, 6.45) is 2.36. The molecule has 0 saturated carbocycles. The van der Waals surface area contributed by atoms with Crippen LogP contribution in [0.1, 0.15) is 18.4 Å². The molecule has 0 spiro atoms. The van der Waals surface area contributed by atoms with Crippen molar-refractivity contribution in [3.8, 4) is 0 Å². The summed E-state index contributed by atoms with van der Waals surface area (Å²) in [5.74, 6) is 0.672. The minimum atomic E-state index is -0.167. The summed E-state index contributed by atoms with van der Waals surface area (Å²) in [7, 11) is 7.78. The number of nitrogens with zero attached hydrogens (tertiary/aromatic N) is 4. The zero-order valence-electron chi connectivity index (χ0n) is 13.4. The molecular weight excluding hydrogens is 267 g/mol. The van der Waals surface area contributed by atoms with Gasteiger partial charge in [-0.25, -0.2) is 9.38 Å². The third-order valence-corrected chi connectivity index (χ3v) is 3.72. The molecule has 1 aliphatic heterocycles. The zero-order valence-corrected chi connectivity index (χ0v) is 13.4. The molecule has 1 aromatic carbocycles. The Morgan fingerprint density at radius 1 is 1.14 bits per heavy atom. The van der Waals surface area contributed by atoms with Crippen molar-refractivity contribution in [2.75, 3.05) is 46.2 Å². The summed E-state index contributed by atoms with van der Waals surface area (Å²) in [4.78, 5) is 10.7. The Bertz CT molecular complexity index is 495. The number of hydrogen-bond donors (Lipinski definition) is 0. The molecule has 0 atom stereocenters. The molecule has 5 heteroatoms. The lowest BCUT2D eigenvalue weighted by Gasteiger charge is -2.24. The van der Waals surface area contributed by atoms with Gasteiger partial charge in [-0.15, -0.1) is 0 Å². The number of guanidine groups is 1. The molecule has 116 valence electrons. The van der Waals surface area contributed by atoms with Gasteiger partial charge in [-0.1, -0.05) is 6.07 Å². The van der Waals surface area contributed by atoms with E-state index in [9.17, 15) is 4.39 Å². The van der Waals surface area contributed by atoms with E-state index in [0.717, 1.165) is 24.7 Å². The third-order valence-electron chi connectivity index (χ3n) is 3.72. The van der Waals surface area contributed by atoms with Gasteiger partial charge in [0.15, 0.2) is 5.96 Å². The smallest absolute Gasteiger partial charge is 0.195 e. The van der Waals surface area contributed by atoms with Crippen LogP contribution in [-0.4, -0.2) is 57.0 Å². The Morgan fingerprint density at radius 3 is 2.33 bits per heavy atom. The Morgan fingerprint density at radius 2 is 1.76 bits per heavy atom. The second-order valence-corrected chi connectivity index (χ2v) is 5.84. The number of rotatable bonds is 3. The predicted octanol–water partition coefficient (Wildman–Crippen LogP) is 2.41. The maximum absolute atomic E-state index is 14.2. The standard InChI is InChI=1S/C16H25FN4/c1-19(2)16(20(3)4)18-12-13-14(17)8-7-9-15(13)21-10-5-6-11-21/h7-9H,5-6,10-12H2,1-4H3. The molecule has 1 heterocycles. The average Bonchev–Trinajstić information content (AvgIpc) is 2.93. The predicted molar refractivity (Wildman–Crippen MR) is 86.4 cm³/mol. The largest absolute Gasteiger partial charge is 0.371 e. The molecule has 1 saturated heterocycles. The minimum absolute atomic E-state index is 0.167. The zero-order chi connectivity index (χ0) is 15.4. The second-order valence-electron chi connectivity index (χ2n) is 5.84. The van der Waals surface area contributed by atoms with Crippen LogP contribution >= 0.6 is 0 Å². The summed E-state index contributed by atoms with van der Waals surface area (Å²) in [5.41, 5.74) is 1.69. The molecule has 1 fully saturated rings. The van der Waals surface area contributed by atoms with Crippen LogP contribution in [0.5, 0.6) is 0 Å². The van der Waals surface area contributed by atoms with E-state index in [1.165, 1.54) is 18.9 Å². The normalized spacial score (nSPS) is 14.2. The van der Waals surface area contributed by atoms with Crippen molar-refractivity contribution in [3.63, 3.8) is 0 Å². The quantitative estimate of drug-likeness (QED) is 0.631. The number of benzene rings is 1. The van der Waals surface area contributed by atoms with E-state index in [4.69, 9.17) is 0 Å². The van der Waals surface area contributed by atoms with Crippen LogP contribution < -0.4 is 4.90 Å². The highest BCUT2D eigenvalue weighted by Crippen LogP contribution is 2.27. The van der Waals surface area contributed by atoms with Crippen LogP contribution in [0.15, 0.2) is 23.2 Å². The summed E-state index contributed by atoms with van der Waals surface area (Å²) < 4.78 is 14.2. The highest BCUT2D eigenvalue weighted by Gasteiger charge is 2.18. The summed E-state index contributed by atoms with van der Waals surface area (Å²) in [6.45, 7) is 2.38. The fourth-order valence-electron chi connectivity index (χ4n) is 2.79. The van der Waals surface area contributed by atoms with E-state index in [0.29, 0.717) is 12.1 Å². The molecule has 0 bridgehead atoms. The van der Waals surface area contributed by atoms with E-state index < -0.39 is 0 Å². The van der Waals surface area contributed by atoms with Gasteiger partial charge in [0.25, 0.3) is 0 Å². The lowest BCUT2D eigenvalue weighted by molar-refractivity contribution is 0.478. The van der Waals surface area contributed by atoms with Crippen molar-refractivity contribution in [1.29, 1.82) is 0 Å². The minimum Gasteiger partial charge on any atom is -0.371 e. The first kappa shape index (κ1) is 15.6. The number of aliphatic imine (C=N–C) groups is 1. The molecule has 0 amide bonds. The molecule has 4 nitrogen and oxygen atoms in total. The maximum Gasteiger partial charge on any atom is 0.195 e. The van der Waals surface area contributed by atoms with Gasteiger partial charge in [-0.2, -0.15) is 0 Å². The summed E-state index contributed by atoms with van der Waals surface area (Å²) >= 11 is 0. The first-order chi connectivity index (χ1) is 10.0. The topological polar surface area (TPSA) is 22.1 Å². The third kappa shape index (κ3) is 3.65. The van der Waals surface area contributed by atoms with Gasteiger partial charge >= 0.3 is 0 Å². The molecule has 0 aromatic heterocycles. The van der Waals surface area contributed by atoms with Gasteiger partial charge in [-0.05, 0) is 25.0 Å². The van der Waals surface area contributed by atoms with Gasteiger partial charge in [0.2, 0.25) is 0 Å². The van der Waals surface area contributed by atoms with E-state index in [-0.39, 0.29) is 5.82 Å². The lowest BCUT2D eigenvalue weighted by Crippen LogP contribution is -2.35. The Labute approximate surface area is 126 Å². The fourth-order valence-corrected chi connectivity index (χ4v) is 2.79. The maximum atomic E-state index is 14.2. The first-order valence-electron chi connectivity index (χ1n) is 7.42. The van der Waals surface area contributed by atoms with Crippen LogP contribution in [0.4, 0.5) is 10.1 Å². The monoisotopic (exact) mass is 292 g/mol.